The summed E-state index contributed by atoms with van der Waals surface area (Å²) in [5.74, 6) is -0.690. The summed E-state index contributed by atoms with van der Waals surface area (Å²) in [4.78, 5) is 12.1. The van der Waals surface area contributed by atoms with Crippen LogP contribution in [0.25, 0.3) is 0 Å². The monoisotopic (exact) mass is 303 g/mol. The topological polar surface area (TPSA) is 38.3 Å². The second-order valence-electron chi connectivity index (χ2n) is 4.78. The van der Waals surface area contributed by atoms with E-state index in [4.69, 9.17) is 16.3 Å². The zero-order valence-electron chi connectivity index (χ0n) is 11.0. The van der Waals surface area contributed by atoms with Crippen LogP contribution in [0, 0.1) is 5.82 Å². The number of aryl methyl sites for hydroxylation is 1. The summed E-state index contributed by atoms with van der Waals surface area (Å²) in [6.07, 6.45) is -1.62. The minimum absolute atomic E-state index is 0.0348. The lowest BCUT2D eigenvalue weighted by atomic mass is 10.00. The molecule has 0 saturated carbocycles. The largest absolute Gasteiger partial charge is 0.376 e. The summed E-state index contributed by atoms with van der Waals surface area (Å²) >= 11 is 5.68. The van der Waals surface area contributed by atoms with Crippen LogP contribution < -0.4 is 5.32 Å². The van der Waals surface area contributed by atoms with Crippen molar-refractivity contribution in [3.8, 4) is 0 Å². The highest BCUT2D eigenvalue weighted by Crippen LogP contribution is 2.21. The number of carbonyl (C=O) groups excluding carboxylic acids is 1. The predicted molar refractivity (Wildman–Crippen MR) is 72.2 cm³/mol. The third-order valence-corrected chi connectivity index (χ3v) is 3.80. The summed E-state index contributed by atoms with van der Waals surface area (Å²) in [6.45, 7) is 0.0977. The summed E-state index contributed by atoms with van der Waals surface area (Å²) in [7, 11) is 1.38. The third kappa shape index (κ3) is 3.16. The van der Waals surface area contributed by atoms with Crippen molar-refractivity contribution in [1.82, 2.24) is 5.32 Å². The molecule has 3 atom stereocenters. The van der Waals surface area contributed by atoms with E-state index in [1.165, 1.54) is 13.2 Å². The molecule has 1 saturated heterocycles. The standard InChI is InChI=1S/C14H16ClF2NO2/c1-20-14-10(16)7-18-13(14)11(19)6-5-8-3-2-4-9(15)12(8)17/h2-4,10,13-14,18H,5-7H2,1H3/t10-,13+,14+/m0/s1. The molecule has 1 aromatic rings. The number of carbonyl (C=O) groups is 1. The first-order valence-corrected chi connectivity index (χ1v) is 6.78. The number of nitrogens with one attached hydrogen (secondary N) is 1. The van der Waals surface area contributed by atoms with Crippen LogP contribution in [0.3, 0.4) is 0 Å². The molecule has 0 spiro atoms. The highest BCUT2D eigenvalue weighted by molar-refractivity contribution is 6.30. The molecule has 1 N–H and O–H groups in total. The number of ether oxygens (including phenoxy) is 1. The molecule has 0 unspecified atom stereocenters. The van der Waals surface area contributed by atoms with Gasteiger partial charge in [0.2, 0.25) is 0 Å². The average molecular weight is 304 g/mol. The van der Waals surface area contributed by atoms with Gasteiger partial charge in [0.05, 0.1) is 11.1 Å². The molecule has 6 heteroatoms. The first-order valence-electron chi connectivity index (χ1n) is 6.40. The van der Waals surface area contributed by atoms with Crippen LogP contribution in [0.5, 0.6) is 0 Å². The van der Waals surface area contributed by atoms with Crippen molar-refractivity contribution in [2.75, 3.05) is 13.7 Å². The van der Waals surface area contributed by atoms with Crippen molar-refractivity contribution < 1.29 is 18.3 Å². The molecule has 1 heterocycles. The maximum Gasteiger partial charge on any atom is 0.152 e. The molecule has 1 aliphatic heterocycles. The third-order valence-electron chi connectivity index (χ3n) is 3.51. The molecular weight excluding hydrogens is 288 g/mol. The molecule has 1 fully saturated rings. The maximum absolute atomic E-state index is 13.7. The molecule has 0 aromatic heterocycles. The fourth-order valence-electron chi connectivity index (χ4n) is 2.42. The van der Waals surface area contributed by atoms with E-state index in [1.807, 2.05) is 0 Å². The zero-order chi connectivity index (χ0) is 14.7. The minimum Gasteiger partial charge on any atom is -0.376 e. The quantitative estimate of drug-likeness (QED) is 0.907. The van der Waals surface area contributed by atoms with Gasteiger partial charge in [0.1, 0.15) is 18.1 Å². The van der Waals surface area contributed by atoms with Gasteiger partial charge in [-0.15, -0.1) is 0 Å². The number of rotatable bonds is 5. The number of Topliss-reactive ketones (excluding diaryl/α,β-unsaturated/α-hetero) is 1. The average Bonchev–Trinajstić information content (AvgIpc) is 2.81. The lowest BCUT2D eigenvalue weighted by molar-refractivity contribution is -0.123. The van der Waals surface area contributed by atoms with Crippen molar-refractivity contribution >= 4 is 17.4 Å². The molecular formula is C14H16ClF2NO2. The Morgan fingerprint density at radius 3 is 3.00 bits per heavy atom. The number of ketones is 1. The van der Waals surface area contributed by atoms with Gasteiger partial charge in [-0.25, -0.2) is 8.78 Å². The predicted octanol–water partition coefficient (Wildman–Crippen LogP) is 2.31. The Morgan fingerprint density at radius 1 is 1.55 bits per heavy atom. The van der Waals surface area contributed by atoms with E-state index >= 15 is 0 Å². The van der Waals surface area contributed by atoms with Gasteiger partial charge in [0.25, 0.3) is 0 Å². The Labute approximate surface area is 121 Å². The maximum atomic E-state index is 13.7. The van der Waals surface area contributed by atoms with Gasteiger partial charge in [0, 0.05) is 20.1 Å². The van der Waals surface area contributed by atoms with Crippen molar-refractivity contribution in [3.05, 3.63) is 34.6 Å². The fourth-order valence-corrected chi connectivity index (χ4v) is 2.61. The molecule has 0 aliphatic carbocycles. The van der Waals surface area contributed by atoms with Crippen LogP contribution in [0.2, 0.25) is 5.02 Å². The zero-order valence-corrected chi connectivity index (χ0v) is 11.8. The summed E-state index contributed by atoms with van der Waals surface area (Å²) in [5, 5.41) is 2.83. The lowest BCUT2D eigenvalue weighted by Gasteiger charge is -2.18. The van der Waals surface area contributed by atoms with Gasteiger partial charge in [-0.3, -0.25) is 4.79 Å². The van der Waals surface area contributed by atoms with E-state index in [9.17, 15) is 13.6 Å². The van der Waals surface area contributed by atoms with E-state index in [0.29, 0.717) is 5.56 Å². The Bertz CT molecular complexity index is 498. The molecule has 0 radical (unpaired) electrons. The molecule has 110 valence electrons. The molecule has 0 bridgehead atoms. The molecule has 0 amide bonds. The Hall–Kier alpha value is -1.04. The van der Waals surface area contributed by atoms with Gasteiger partial charge < -0.3 is 10.1 Å². The van der Waals surface area contributed by atoms with Crippen LogP contribution in [-0.2, 0) is 16.0 Å². The number of halogens is 3. The SMILES string of the molecule is CO[C@H]1[C@@H](C(=O)CCc2cccc(Cl)c2F)NC[C@@H]1F. The van der Waals surface area contributed by atoms with E-state index in [1.54, 1.807) is 12.1 Å². The summed E-state index contributed by atoms with van der Waals surface area (Å²) in [5.41, 5.74) is 0.384. The Morgan fingerprint density at radius 2 is 2.30 bits per heavy atom. The van der Waals surface area contributed by atoms with Gasteiger partial charge >= 0.3 is 0 Å². The van der Waals surface area contributed by atoms with Crippen LogP contribution >= 0.6 is 11.6 Å². The second-order valence-corrected chi connectivity index (χ2v) is 5.19. The van der Waals surface area contributed by atoms with Crippen LogP contribution in [0.15, 0.2) is 18.2 Å². The number of alkyl halides is 1. The Kier molecular flexibility index (Phi) is 5.07. The minimum atomic E-state index is -1.20. The molecule has 2 rings (SSSR count). The van der Waals surface area contributed by atoms with Crippen molar-refractivity contribution in [2.45, 2.75) is 31.2 Å². The van der Waals surface area contributed by atoms with Crippen LogP contribution in [0.1, 0.15) is 12.0 Å². The first kappa shape index (κ1) is 15.4. The van der Waals surface area contributed by atoms with Crippen LogP contribution in [-0.4, -0.2) is 37.8 Å². The van der Waals surface area contributed by atoms with Crippen molar-refractivity contribution in [2.24, 2.45) is 0 Å². The molecule has 3 nitrogen and oxygen atoms in total. The summed E-state index contributed by atoms with van der Waals surface area (Å²) in [6, 6.07) is 4.00. The molecule has 1 aromatic carbocycles. The van der Waals surface area contributed by atoms with Crippen molar-refractivity contribution in [3.63, 3.8) is 0 Å². The van der Waals surface area contributed by atoms with Crippen molar-refractivity contribution in [1.29, 1.82) is 0 Å². The summed E-state index contributed by atoms with van der Waals surface area (Å²) < 4.78 is 32.2. The second kappa shape index (κ2) is 6.61. The van der Waals surface area contributed by atoms with E-state index < -0.39 is 24.1 Å². The number of hydrogen-bond donors (Lipinski definition) is 1. The number of methoxy groups -OCH3 is 1. The Balaban J connectivity index is 1.97. The normalized spacial score (nSPS) is 25.9. The van der Waals surface area contributed by atoms with Crippen LogP contribution in [0.4, 0.5) is 8.78 Å². The van der Waals surface area contributed by atoms with E-state index in [0.717, 1.165) is 0 Å². The van der Waals surface area contributed by atoms with Gasteiger partial charge in [0.15, 0.2) is 5.78 Å². The lowest BCUT2D eigenvalue weighted by Crippen LogP contribution is -2.41. The van der Waals surface area contributed by atoms with E-state index in [2.05, 4.69) is 5.32 Å². The number of benzene rings is 1. The first-order chi connectivity index (χ1) is 9.54. The molecule has 20 heavy (non-hydrogen) atoms. The smallest absolute Gasteiger partial charge is 0.152 e. The molecule has 1 aliphatic rings. The number of hydrogen-bond acceptors (Lipinski definition) is 3. The fraction of sp³-hybridized carbons (Fsp3) is 0.500. The van der Waals surface area contributed by atoms with E-state index in [-0.39, 0.29) is 30.2 Å². The van der Waals surface area contributed by atoms with Gasteiger partial charge in [-0.1, -0.05) is 23.7 Å². The van der Waals surface area contributed by atoms with Gasteiger partial charge in [-0.2, -0.15) is 0 Å². The van der Waals surface area contributed by atoms with Gasteiger partial charge in [-0.05, 0) is 18.1 Å². The highest BCUT2D eigenvalue weighted by atomic mass is 35.5. The highest BCUT2D eigenvalue weighted by Gasteiger charge is 2.40.